The molecule has 1 rings (SSSR count). The van der Waals surface area contributed by atoms with E-state index in [0.29, 0.717) is 5.69 Å². The third-order valence-corrected chi connectivity index (χ3v) is 2.15. The van der Waals surface area contributed by atoms with E-state index in [0.717, 1.165) is 12.4 Å². The number of allylic oxidation sites excluding steroid dienone is 1. The van der Waals surface area contributed by atoms with Crippen LogP contribution in [0.2, 0.25) is 0 Å². The minimum absolute atomic E-state index is 0.00819. The summed E-state index contributed by atoms with van der Waals surface area (Å²) in [5.74, 6) is 0.866. The van der Waals surface area contributed by atoms with E-state index in [1.54, 1.807) is 18.5 Å². The van der Waals surface area contributed by atoms with E-state index < -0.39 is 0 Å². The Morgan fingerprint density at radius 2 is 2.27 bits per heavy atom. The topological polar surface area (TPSA) is 38.1 Å². The molecule has 0 saturated heterocycles. The molecule has 0 unspecified atom stereocenters. The van der Waals surface area contributed by atoms with Crippen LogP contribution in [0, 0.1) is 6.92 Å². The van der Waals surface area contributed by atoms with Crippen LogP contribution in [0.5, 0.6) is 0 Å². The Morgan fingerprint density at radius 3 is 2.80 bits per heavy atom. The SMILES string of the molecule is CCn1c(C(=O)/C=C/N(C)C)cnc1C. The number of nitrogens with zero attached hydrogens (tertiary/aromatic N) is 3. The maximum absolute atomic E-state index is 11.8. The average Bonchev–Trinajstić information content (AvgIpc) is 2.55. The van der Waals surface area contributed by atoms with Gasteiger partial charge in [0.25, 0.3) is 0 Å². The van der Waals surface area contributed by atoms with Crippen molar-refractivity contribution in [3.63, 3.8) is 0 Å². The summed E-state index contributed by atoms with van der Waals surface area (Å²) in [5, 5.41) is 0. The lowest BCUT2D eigenvalue weighted by molar-refractivity contribution is 0.103. The van der Waals surface area contributed by atoms with Crippen LogP contribution in [0.15, 0.2) is 18.5 Å². The minimum Gasteiger partial charge on any atom is -0.383 e. The first-order valence-electron chi connectivity index (χ1n) is 4.97. The predicted octanol–water partition coefficient (Wildman–Crippen LogP) is 1.47. The molecule has 1 heterocycles. The lowest BCUT2D eigenvalue weighted by Crippen LogP contribution is -2.09. The number of ketones is 1. The largest absolute Gasteiger partial charge is 0.383 e. The van der Waals surface area contributed by atoms with Gasteiger partial charge in [-0.2, -0.15) is 0 Å². The fraction of sp³-hybridized carbons (Fsp3) is 0.455. The second kappa shape index (κ2) is 4.77. The average molecular weight is 207 g/mol. The van der Waals surface area contributed by atoms with Gasteiger partial charge in [0.2, 0.25) is 5.78 Å². The number of aromatic nitrogens is 2. The normalized spacial score (nSPS) is 10.9. The monoisotopic (exact) mass is 207 g/mol. The highest BCUT2D eigenvalue weighted by Gasteiger charge is 2.10. The Morgan fingerprint density at radius 1 is 1.60 bits per heavy atom. The molecule has 0 saturated carbocycles. The van der Waals surface area contributed by atoms with E-state index >= 15 is 0 Å². The van der Waals surface area contributed by atoms with Crippen LogP contribution in [0.25, 0.3) is 0 Å². The number of imidazole rings is 1. The van der Waals surface area contributed by atoms with E-state index in [1.807, 2.05) is 37.4 Å². The Balaban J connectivity index is 2.91. The van der Waals surface area contributed by atoms with Gasteiger partial charge >= 0.3 is 0 Å². The van der Waals surface area contributed by atoms with Crippen LogP contribution >= 0.6 is 0 Å². The molecule has 0 aliphatic rings. The maximum atomic E-state index is 11.8. The Labute approximate surface area is 90.2 Å². The maximum Gasteiger partial charge on any atom is 0.205 e. The molecule has 0 bridgehead atoms. The number of rotatable bonds is 4. The third kappa shape index (κ3) is 2.68. The summed E-state index contributed by atoms with van der Waals surface area (Å²) in [4.78, 5) is 17.7. The van der Waals surface area contributed by atoms with Gasteiger partial charge in [0.1, 0.15) is 11.5 Å². The number of carbonyl (C=O) groups is 1. The van der Waals surface area contributed by atoms with E-state index in [4.69, 9.17) is 0 Å². The van der Waals surface area contributed by atoms with Gasteiger partial charge < -0.3 is 9.47 Å². The Hall–Kier alpha value is -1.58. The van der Waals surface area contributed by atoms with Gasteiger partial charge in [-0.15, -0.1) is 0 Å². The molecule has 0 aliphatic carbocycles. The minimum atomic E-state index is -0.00819. The van der Waals surface area contributed by atoms with Gasteiger partial charge in [0, 0.05) is 32.9 Å². The second-order valence-electron chi connectivity index (χ2n) is 3.58. The van der Waals surface area contributed by atoms with E-state index in [-0.39, 0.29) is 5.78 Å². The first-order chi connectivity index (χ1) is 7.06. The zero-order valence-corrected chi connectivity index (χ0v) is 9.69. The van der Waals surface area contributed by atoms with Crippen LogP contribution in [0.1, 0.15) is 23.2 Å². The second-order valence-corrected chi connectivity index (χ2v) is 3.58. The van der Waals surface area contributed by atoms with Crippen molar-refractivity contribution < 1.29 is 4.79 Å². The van der Waals surface area contributed by atoms with Crippen molar-refractivity contribution >= 4 is 5.78 Å². The molecular formula is C11H17N3O. The Bertz CT molecular complexity index is 377. The van der Waals surface area contributed by atoms with E-state index in [1.165, 1.54) is 0 Å². The van der Waals surface area contributed by atoms with Gasteiger partial charge in [0.05, 0.1) is 6.20 Å². The summed E-state index contributed by atoms with van der Waals surface area (Å²) in [6.07, 6.45) is 4.93. The molecule has 0 aliphatic heterocycles. The third-order valence-electron chi connectivity index (χ3n) is 2.15. The standard InChI is InChI=1S/C11H17N3O/c1-5-14-9(2)12-8-10(14)11(15)6-7-13(3)4/h6-8H,5H2,1-4H3/b7-6+. The lowest BCUT2D eigenvalue weighted by atomic mass is 10.3. The molecule has 0 fully saturated rings. The van der Waals surface area contributed by atoms with Crippen molar-refractivity contribution in [3.05, 3.63) is 30.0 Å². The van der Waals surface area contributed by atoms with Crippen LogP contribution in [-0.4, -0.2) is 34.3 Å². The zero-order valence-electron chi connectivity index (χ0n) is 9.69. The van der Waals surface area contributed by atoms with Gasteiger partial charge in [-0.3, -0.25) is 4.79 Å². The molecular weight excluding hydrogens is 190 g/mol. The first-order valence-corrected chi connectivity index (χ1v) is 4.97. The number of aryl methyl sites for hydroxylation is 1. The quantitative estimate of drug-likeness (QED) is 0.554. The fourth-order valence-corrected chi connectivity index (χ4v) is 1.37. The molecule has 0 radical (unpaired) electrons. The molecule has 82 valence electrons. The molecule has 0 aromatic carbocycles. The first kappa shape index (κ1) is 11.5. The number of hydrogen-bond acceptors (Lipinski definition) is 3. The van der Waals surface area contributed by atoms with Crippen molar-refractivity contribution in [2.45, 2.75) is 20.4 Å². The summed E-state index contributed by atoms with van der Waals surface area (Å²) in [7, 11) is 3.76. The summed E-state index contributed by atoms with van der Waals surface area (Å²) in [5.41, 5.74) is 0.646. The molecule has 1 aromatic rings. The highest BCUT2D eigenvalue weighted by atomic mass is 16.1. The van der Waals surface area contributed by atoms with E-state index in [2.05, 4.69) is 4.98 Å². The van der Waals surface area contributed by atoms with Crippen molar-refractivity contribution in [1.29, 1.82) is 0 Å². The van der Waals surface area contributed by atoms with Crippen molar-refractivity contribution in [1.82, 2.24) is 14.5 Å². The van der Waals surface area contributed by atoms with Gasteiger partial charge in [0.15, 0.2) is 0 Å². The highest BCUT2D eigenvalue weighted by Crippen LogP contribution is 2.06. The van der Waals surface area contributed by atoms with Gasteiger partial charge in [-0.25, -0.2) is 4.98 Å². The zero-order chi connectivity index (χ0) is 11.4. The molecule has 0 atom stereocenters. The summed E-state index contributed by atoms with van der Waals surface area (Å²) in [6.45, 7) is 4.67. The van der Waals surface area contributed by atoms with Crippen LogP contribution in [0.4, 0.5) is 0 Å². The molecule has 1 aromatic heterocycles. The van der Waals surface area contributed by atoms with Crippen LogP contribution in [-0.2, 0) is 6.54 Å². The van der Waals surface area contributed by atoms with Gasteiger partial charge in [-0.05, 0) is 13.8 Å². The van der Waals surface area contributed by atoms with Crippen molar-refractivity contribution in [3.8, 4) is 0 Å². The fourth-order valence-electron chi connectivity index (χ4n) is 1.37. The summed E-state index contributed by atoms with van der Waals surface area (Å²) in [6, 6.07) is 0. The molecule has 4 heteroatoms. The lowest BCUT2D eigenvalue weighted by Gasteiger charge is -2.05. The molecule has 0 amide bonds. The summed E-state index contributed by atoms with van der Waals surface area (Å²) >= 11 is 0. The smallest absolute Gasteiger partial charge is 0.205 e. The summed E-state index contributed by atoms with van der Waals surface area (Å²) < 4.78 is 1.91. The Kier molecular flexibility index (Phi) is 3.66. The molecule has 0 spiro atoms. The molecule has 15 heavy (non-hydrogen) atoms. The van der Waals surface area contributed by atoms with Crippen molar-refractivity contribution in [2.75, 3.05) is 14.1 Å². The number of hydrogen-bond donors (Lipinski definition) is 0. The van der Waals surface area contributed by atoms with Gasteiger partial charge in [-0.1, -0.05) is 0 Å². The van der Waals surface area contributed by atoms with Crippen molar-refractivity contribution in [2.24, 2.45) is 0 Å². The van der Waals surface area contributed by atoms with Crippen LogP contribution < -0.4 is 0 Å². The predicted molar refractivity (Wildman–Crippen MR) is 59.8 cm³/mol. The highest BCUT2D eigenvalue weighted by molar-refractivity contribution is 6.03. The molecule has 0 N–H and O–H groups in total. The van der Waals surface area contributed by atoms with E-state index in [9.17, 15) is 4.79 Å². The van der Waals surface area contributed by atoms with Crippen LogP contribution in [0.3, 0.4) is 0 Å². The molecule has 4 nitrogen and oxygen atoms in total. The number of carbonyl (C=O) groups excluding carboxylic acids is 1.